The second-order valence-electron chi connectivity index (χ2n) is 3.20. The van der Waals surface area contributed by atoms with Crippen LogP contribution in [0.4, 0.5) is 0 Å². The molecule has 0 aliphatic rings. The Kier molecular flexibility index (Phi) is 3.23. The van der Waals surface area contributed by atoms with E-state index in [1.807, 2.05) is 23.9 Å². The Hall–Kier alpha value is -0.650. The molecule has 0 bridgehead atoms. The first-order valence-corrected chi connectivity index (χ1v) is 6.20. The van der Waals surface area contributed by atoms with Gasteiger partial charge in [0.1, 0.15) is 5.82 Å². The molecule has 0 aliphatic heterocycles. The topological polar surface area (TPSA) is 38.0 Å². The van der Waals surface area contributed by atoms with Crippen LogP contribution in [-0.4, -0.2) is 21.3 Å². The molecule has 1 N–H and O–H groups in total. The van der Waals surface area contributed by atoms with Gasteiger partial charge in [0.2, 0.25) is 0 Å². The molecule has 2 aromatic heterocycles. The van der Waals surface area contributed by atoms with Crippen molar-refractivity contribution in [3.63, 3.8) is 0 Å². The second kappa shape index (κ2) is 4.47. The Bertz CT molecular complexity index is 464. The molecular formula is C10H11BrN2OS. The number of nitrogens with zero attached hydrogens (tertiary/aromatic N) is 2. The number of imidazole rings is 1. The molecule has 2 heterocycles. The fourth-order valence-electron chi connectivity index (χ4n) is 1.46. The maximum Gasteiger partial charge on any atom is 0.111 e. The summed E-state index contributed by atoms with van der Waals surface area (Å²) >= 11 is 5.12. The van der Waals surface area contributed by atoms with Crippen LogP contribution in [0.25, 0.3) is 10.6 Å². The number of aromatic nitrogens is 2. The van der Waals surface area contributed by atoms with E-state index in [1.54, 1.807) is 11.3 Å². The van der Waals surface area contributed by atoms with Crippen LogP contribution in [0.2, 0.25) is 0 Å². The summed E-state index contributed by atoms with van der Waals surface area (Å²) < 4.78 is 3.14. The van der Waals surface area contributed by atoms with Crippen molar-refractivity contribution in [2.24, 2.45) is 7.05 Å². The van der Waals surface area contributed by atoms with Gasteiger partial charge in [-0.05, 0) is 28.1 Å². The first-order chi connectivity index (χ1) is 7.22. The Morgan fingerprint density at radius 1 is 1.53 bits per heavy atom. The highest BCUT2D eigenvalue weighted by Crippen LogP contribution is 2.31. The van der Waals surface area contributed by atoms with Gasteiger partial charge in [0, 0.05) is 13.5 Å². The van der Waals surface area contributed by atoms with E-state index in [1.165, 1.54) is 4.88 Å². The number of aliphatic hydroxyl groups is 1. The fraction of sp³-hybridized carbons (Fsp3) is 0.300. The van der Waals surface area contributed by atoms with Gasteiger partial charge in [-0.15, -0.1) is 11.3 Å². The highest BCUT2D eigenvalue weighted by atomic mass is 79.9. The molecule has 0 amide bonds. The predicted octanol–water partition coefficient (Wildman–Crippen LogP) is 2.45. The monoisotopic (exact) mass is 286 g/mol. The lowest BCUT2D eigenvalue weighted by Crippen LogP contribution is -2.01. The summed E-state index contributed by atoms with van der Waals surface area (Å²) in [6, 6.07) is 4.09. The molecule has 0 aliphatic carbocycles. The lowest BCUT2D eigenvalue weighted by atomic mass is 10.3. The minimum Gasteiger partial charge on any atom is -0.396 e. The van der Waals surface area contributed by atoms with Gasteiger partial charge in [-0.25, -0.2) is 4.98 Å². The molecule has 0 fully saturated rings. The Morgan fingerprint density at radius 3 is 2.93 bits per heavy atom. The largest absolute Gasteiger partial charge is 0.396 e. The normalized spacial score (nSPS) is 10.9. The Balaban J connectivity index is 2.37. The zero-order valence-electron chi connectivity index (χ0n) is 8.27. The van der Waals surface area contributed by atoms with Gasteiger partial charge in [-0.3, -0.25) is 0 Å². The minimum absolute atomic E-state index is 0.137. The van der Waals surface area contributed by atoms with Gasteiger partial charge in [0.25, 0.3) is 0 Å². The van der Waals surface area contributed by atoms with Gasteiger partial charge in [0.15, 0.2) is 0 Å². The van der Waals surface area contributed by atoms with Crippen molar-refractivity contribution in [3.05, 3.63) is 27.9 Å². The lowest BCUT2D eigenvalue weighted by Gasteiger charge is -2.02. The van der Waals surface area contributed by atoms with Gasteiger partial charge in [0.05, 0.1) is 27.2 Å². The molecule has 15 heavy (non-hydrogen) atoms. The van der Waals surface area contributed by atoms with E-state index in [4.69, 9.17) is 5.11 Å². The average molecular weight is 287 g/mol. The van der Waals surface area contributed by atoms with Crippen molar-refractivity contribution in [1.29, 1.82) is 0 Å². The number of halogens is 1. The first-order valence-electron chi connectivity index (χ1n) is 4.59. The molecule has 0 unspecified atom stereocenters. The summed E-state index contributed by atoms with van der Waals surface area (Å²) in [4.78, 5) is 5.47. The van der Waals surface area contributed by atoms with Crippen molar-refractivity contribution in [2.75, 3.05) is 6.61 Å². The van der Waals surface area contributed by atoms with Crippen molar-refractivity contribution >= 4 is 27.3 Å². The molecule has 0 atom stereocenters. The van der Waals surface area contributed by atoms with Crippen molar-refractivity contribution in [3.8, 4) is 10.6 Å². The highest BCUT2D eigenvalue weighted by molar-refractivity contribution is 9.11. The summed E-state index contributed by atoms with van der Waals surface area (Å²) in [5.41, 5.74) is 1.09. The highest BCUT2D eigenvalue weighted by Gasteiger charge is 2.09. The number of thiophene rings is 1. The van der Waals surface area contributed by atoms with Crippen LogP contribution in [0.5, 0.6) is 0 Å². The van der Waals surface area contributed by atoms with E-state index in [9.17, 15) is 0 Å². The Morgan fingerprint density at radius 2 is 2.33 bits per heavy atom. The molecule has 3 nitrogen and oxygen atoms in total. The average Bonchev–Trinajstić information content (AvgIpc) is 2.76. The Labute approximate surface area is 101 Å². The van der Waals surface area contributed by atoms with Crippen LogP contribution in [0.1, 0.15) is 5.82 Å². The van der Waals surface area contributed by atoms with Crippen LogP contribution in [-0.2, 0) is 13.5 Å². The lowest BCUT2D eigenvalue weighted by molar-refractivity contribution is 0.295. The second-order valence-corrected chi connectivity index (χ2v) is 5.66. The van der Waals surface area contributed by atoms with Gasteiger partial charge in [-0.1, -0.05) is 0 Å². The number of aliphatic hydroxyl groups excluding tert-OH is 1. The zero-order chi connectivity index (χ0) is 10.8. The van der Waals surface area contributed by atoms with Crippen molar-refractivity contribution in [1.82, 2.24) is 9.55 Å². The molecule has 0 saturated carbocycles. The number of hydrogen-bond acceptors (Lipinski definition) is 3. The summed E-state index contributed by atoms with van der Waals surface area (Å²) in [7, 11) is 1.97. The van der Waals surface area contributed by atoms with Crippen LogP contribution < -0.4 is 0 Å². The fourth-order valence-corrected chi connectivity index (χ4v) is 2.89. The predicted molar refractivity (Wildman–Crippen MR) is 65.0 cm³/mol. The first kappa shape index (κ1) is 10.9. The van der Waals surface area contributed by atoms with Crippen LogP contribution in [0.15, 0.2) is 22.1 Å². The quantitative estimate of drug-likeness (QED) is 0.941. The molecule has 0 saturated heterocycles. The summed E-state index contributed by atoms with van der Waals surface area (Å²) in [6.45, 7) is 0.137. The standard InChI is InChI=1S/C10H11BrN2OS/c1-13-7(6-12-10(13)4-5-14)8-2-3-9(11)15-8/h2-3,6,14H,4-5H2,1H3. The third-order valence-corrected chi connectivity index (χ3v) is 3.89. The maximum absolute atomic E-state index is 8.87. The van der Waals surface area contributed by atoms with Gasteiger partial charge >= 0.3 is 0 Å². The van der Waals surface area contributed by atoms with Gasteiger partial charge < -0.3 is 9.67 Å². The summed E-state index contributed by atoms with van der Waals surface area (Å²) in [5, 5.41) is 8.87. The molecular weight excluding hydrogens is 276 g/mol. The van der Waals surface area contributed by atoms with E-state index in [-0.39, 0.29) is 6.61 Å². The van der Waals surface area contributed by atoms with E-state index in [2.05, 4.69) is 27.0 Å². The summed E-state index contributed by atoms with van der Waals surface area (Å²) in [5.74, 6) is 0.914. The number of hydrogen-bond donors (Lipinski definition) is 1. The van der Waals surface area contributed by atoms with E-state index in [0.717, 1.165) is 15.3 Å². The molecule has 0 spiro atoms. The molecule has 0 aromatic carbocycles. The van der Waals surface area contributed by atoms with E-state index < -0.39 is 0 Å². The minimum atomic E-state index is 0.137. The van der Waals surface area contributed by atoms with Crippen LogP contribution in [0, 0.1) is 0 Å². The summed E-state index contributed by atoms with van der Waals surface area (Å²) in [6.07, 6.45) is 2.45. The number of rotatable bonds is 3. The smallest absolute Gasteiger partial charge is 0.111 e. The van der Waals surface area contributed by atoms with E-state index >= 15 is 0 Å². The van der Waals surface area contributed by atoms with Crippen molar-refractivity contribution < 1.29 is 5.11 Å². The SMILES string of the molecule is Cn1c(-c2ccc(Br)s2)cnc1CCO. The maximum atomic E-state index is 8.87. The van der Waals surface area contributed by atoms with Crippen LogP contribution in [0.3, 0.4) is 0 Å². The molecule has 5 heteroatoms. The third kappa shape index (κ3) is 2.14. The van der Waals surface area contributed by atoms with E-state index in [0.29, 0.717) is 6.42 Å². The van der Waals surface area contributed by atoms with Crippen LogP contribution >= 0.6 is 27.3 Å². The molecule has 2 aromatic rings. The zero-order valence-corrected chi connectivity index (χ0v) is 10.7. The third-order valence-electron chi connectivity index (χ3n) is 2.25. The van der Waals surface area contributed by atoms with Crippen molar-refractivity contribution in [2.45, 2.75) is 6.42 Å². The van der Waals surface area contributed by atoms with Gasteiger partial charge in [-0.2, -0.15) is 0 Å². The molecule has 80 valence electrons. The molecule has 0 radical (unpaired) electrons. The molecule has 2 rings (SSSR count).